The average Bonchev–Trinajstić information content (AvgIpc) is 2.28. The summed E-state index contributed by atoms with van der Waals surface area (Å²) in [5, 5.41) is 11.6. The third kappa shape index (κ3) is 1.62. The lowest BCUT2D eigenvalue weighted by molar-refractivity contribution is -0.123. The first-order valence-corrected chi connectivity index (χ1v) is 4.67. The predicted molar refractivity (Wildman–Crippen MR) is 57.4 cm³/mol. The summed E-state index contributed by atoms with van der Waals surface area (Å²) in [4.78, 5) is 14.8. The molecule has 1 aromatic carbocycles. The van der Waals surface area contributed by atoms with Crippen LogP contribution in [0.5, 0.6) is 0 Å². The van der Waals surface area contributed by atoms with Gasteiger partial charge in [-0.1, -0.05) is 24.3 Å². The van der Waals surface area contributed by atoms with Crippen LogP contribution in [0.25, 0.3) is 10.8 Å². The highest BCUT2D eigenvalue weighted by molar-refractivity contribution is 5.88. The van der Waals surface area contributed by atoms with Gasteiger partial charge in [-0.15, -0.1) is 0 Å². The summed E-state index contributed by atoms with van der Waals surface area (Å²) in [6.45, 7) is 1.46. The summed E-state index contributed by atoms with van der Waals surface area (Å²) in [5.41, 5.74) is -0.941. The molecule has 0 aliphatic carbocycles. The van der Waals surface area contributed by atoms with Crippen molar-refractivity contribution in [1.29, 1.82) is 0 Å². The van der Waals surface area contributed by atoms with Crippen LogP contribution in [0.3, 0.4) is 0 Å². The van der Waals surface area contributed by atoms with Crippen molar-refractivity contribution in [3.63, 3.8) is 0 Å². The largest absolute Gasteiger partial charge is 0.378 e. The van der Waals surface area contributed by atoms with E-state index in [0.717, 1.165) is 10.8 Å². The number of aldehydes is 1. The Bertz CT molecular complexity index is 500. The van der Waals surface area contributed by atoms with E-state index in [1.807, 2.05) is 24.3 Å². The number of carbonyl (C=O) groups is 1. The topological polar surface area (TPSA) is 50.2 Å². The summed E-state index contributed by atoms with van der Waals surface area (Å²) >= 11 is 0. The normalized spacial score (nSPS) is 14.8. The van der Waals surface area contributed by atoms with Gasteiger partial charge in [0.25, 0.3) is 0 Å². The fourth-order valence-corrected chi connectivity index (χ4v) is 1.58. The Morgan fingerprint density at radius 2 is 2.07 bits per heavy atom. The van der Waals surface area contributed by atoms with Crippen molar-refractivity contribution in [3.8, 4) is 0 Å². The van der Waals surface area contributed by atoms with Gasteiger partial charge in [0.1, 0.15) is 5.60 Å². The molecule has 1 aromatic heterocycles. The second kappa shape index (κ2) is 3.44. The Balaban J connectivity index is 2.76. The lowest BCUT2D eigenvalue weighted by Gasteiger charge is -2.17. The van der Waals surface area contributed by atoms with Crippen molar-refractivity contribution in [2.45, 2.75) is 12.5 Å². The molecule has 2 aromatic rings. The molecule has 1 unspecified atom stereocenters. The minimum atomic E-state index is -1.48. The maximum Gasteiger partial charge on any atom is 0.155 e. The SMILES string of the molecule is CC(O)(C=O)c1cncc2ccccc12. The summed E-state index contributed by atoms with van der Waals surface area (Å²) in [5.74, 6) is 0. The number of aromatic nitrogens is 1. The third-order valence-corrected chi connectivity index (χ3v) is 2.44. The Morgan fingerprint density at radius 1 is 1.33 bits per heavy atom. The molecule has 0 saturated carbocycles. The van der Waals surface area contributed by atoms with Crippen LogP contribution in [0.15, 0.2) is 36.7 Å². The van der Waals surface area contributed by atoms with Crippen LogP contribution in [0.4, 0.5) is 0 Å². The number of aliphatic hydroxyl groups is 1. The van der Waals surface area contributed by atoms with E-state index in [1.54, 1.807) is 6.20 Å². The first-order chi connectivity index (χ1) is 7.15. The van der Waals surface area contributed by atoms with Gasteiger partial charge in [0.15, 0.2) is 6.29 Å². The number of pyridine rings is 1. The molecule has 0 saturated heterocycles. The van der Waals surface area contributed by atoms with E-state index >= 15 is 0 Å². The van der Waals surface area contributed by atoms with Gasteiger partial charge in [0.05, 0.1) is 0 Å². The minimum Gasteiger partial charge on any atom is -0.378 e. The smallest absolute Gasteiger partial charge is 0.155 e. The van der Waals surface area contributed by atoms with Crippen molar-refractivity contribution in [1.82, 2.24) is 4.98 Å². The number of benzene rings is 1. The molecular weight excluding hydrogens is 190 g/mol. The fraction of sp³-hybridized carbons (Fsp3) is 0.167. The molecule has 15 heavy (non-hydrogen) atoms. The number of nitrogens with zero attached hydrogens (tertiary/aromatic N) is 1. The molecule has 0 aliphatic heterocycles. The van der Waals surface area contributed by atoms with Crippen LogP contribution >= 0.6 is 0 Å². The monoisotopic (exact) mass is 201 g/mol. The molecule has 1 atom stereocenters. The second-order valence-corrected chi connectivity index (χ2v) is 3.67. The number of rotatable bonds is 2. The van der Waals surface area contributed by atoms with Crippen LogP contribution in [0.1, 0.15) is 12.5 Å². The molecule has 3 heteroatoms. The molecule has 3 nitrogen and oxygen atoms in total. The Morgan fingerprint density at radius 3 is 2.80 bits per heavy atom. The van der Waals surface area contributed by atoms with E-state index in [1.165, 1.54) is 13.1 Å². The third-order valence-electron chi connectivity index (χ3n) is 2.44. The summed E-state index contributed by atoms with van der Waals surface area (Å²) in [6.07, 6.45) is 3.76. The average molecular weight is 201 g/mol. The van der Waals surface area contributed by atoms with Gasteiger partial charge < -0.3 is 5.11 Å². The zero-order valence-electron chi connectivity index (χ0n) is 8.34. The van der Waals surface area contributed by atoms with Crippen LogP contribution in [0.2, 0.25) is 0 Å². The van der Waals surface area contributed by atoms with Gasteiger partial charge in [-0.2, -0.15) is 0 Å². The Labute approximate surface area is 87.4 Å². The van der Waals surface area contributed by atoms with Crippen molar-refractivity contribution in [3.05, 3.63) is 42.2 Å². The zero-order valence-corrected chi connectivity index (χ0v) is 8.34. The Hall–Kier alpha value is -1.74. The molecule has 0 radical (unpaired) electrons. The van der Waals surface area contributed by atoms with Gasteiger partial charge >= 0.3 is 0 Å². The van der Waals surface area contributed by atoms with E-state index in [4.69, 9.17) is 0 Å². The molecule has 76 valence electrons. The molecule has 2 rings (SSSR count). The van der Waals surface area contributed by atoms with Crippen LogP contribution < -0.4 is 0 Å². The van der Waals surface area contributed by atoms with Gasteiger partial charge in [-0.3, -0.25) is 9.78 Å². The van der Waals surface area contributed by atoms with E-state index in [0.29, 0.717) is 11.8 Å². The van der Waals surface area contributed by atoms with Gasteiger partial charge in [-0.25, -0.2) is 0 Å². The molecule has 0 amide bonds. The maximum atomic E-state index is 10.8. The molecule has 1 N–H and O–H groups in total. The molecule has 0 aliphatic rings. The van der Waals surface area contributed by atoms with E-state index < -0.39 is 5.60 Å². The second-order valence-electron chi connectivity index (χ2n) is 3.67. The first-order valence-electron chi connectivity index (χ1n) is 4.67. The van der Waals surface area contributed by atoms with Gasteiger partial charge in [-0.05, 0) is 12.3 Å². The fourth-order valence-electron chi connectivity index (χ4n) is 1.58. The van der Waals surface area contributed by atoms with Crippen molar-refractivity contribution in [2.24, 2.45) is 0 Å². The highest BCUT2D eigenvalue weighted by Gasteiger charge is 2.24. The van der Waals surface area contributed by atoms with E-state index in [2.05, 4.69) is 4.98 Å². The van der Waals surface area contributed by atoms with Crippen LogP contribution in [-0.2, 0) is 10.4 Å². The lowest BCUT2D eigenvalue weighted by atomic mass is 9.94. The number of carbonyl (C=O) groups excluding carboxylic acids is 1. The van der Waals surface area contributed by atoms with Crippen molar-refractivity contribution < 1.29 is 9.90 Å². The first kappa shape index (κ1) is 9.80. The van der Waals surface area contributed by atoms with Crippen LogP contribution in [-0.4, -0.2) is 16.4 Å². The summed E-state index contributed by atoms with van der Waals surface area (Å²) in [6, 6.07) is 7.52. The molecule has 0 fully saturated rings. The molecule has 0 spiro atoms. The number of hydrogen-bond donors (Lipinski definition) is 1. The maximum absolute atomic E-state index is 10.8. The summed E-state index contributed by atoms with van der Waals surface area (Å²) < 4.78 is 0. The highest BCUT2D eigenvalue weighted by Crippen LogP contribution is 2.25. The zero-order chi connectivity index (χ0) is 10.9. The Kier molecular flexibility index (Phi) is 2.25. The molecule has 1 heterocycles. The standard InChI is InChI=1S/C12H11NO2/c1-12(15,8-14)11-7-13-6-9-4-2-3-5-10(9)11/h2-8,15H,1H3. The van der Waals surface area contributed by atoms with Gasteiger partial charge in [0.2, 0.25) is 0 Å². The lowest BCUT2D eigenvalue weighted by Crippen LogP contribution is -2.23. The van der Waals surface area contributed by atoms with Gasteiger partial charge in [0, 0.05) is 23.3 Å². The van der Waals surface area contributed by atoms with E-state index in [9.17, 15) is 9.90 Å². The van der Waals surface area contributed by atoms with Crippen LogP contribution in [0, 0.1) is 0 Å². The number of fused-ring (bicyclic) bond motifs is 1. The molecule has 0 bridgehead atoms. The van der Waals surface area contributed by atoms with Crippen molar-refractivity contribution >= 4 is 17.1 Å². The van der Waals surface area contributed by atoms with Crippen molar-refractivity contribution in [2.75, 3.05) is 0 Å². The summed E-state index contributed by atoms with van der Waals surface area (Å²) in [7, 11) is 0. The molecular formula is C12H11NO2. The predicted octanol–water partition coefficient (Wildman–Crippen LogP) is 1.64. The number of hydrogen-bond acceptors (Lipinski definition) is 3. The highest BCUT2D eigenvalue weighted by atomic mass is 16.3. The quantitative estimate of drug-likeness (QED) is 0.751. The van der Waals surface area contributed by atoms with E-state index in [-0.39, 0.29) is 0 Å². The minimum absolute atomic E-state index is 0.524.